The monoisotopic (exact) mass is 347 g/mol. The minimum atomic E-state index is -3.54. The number of hydrogen-bond donors (Lipinski definition) is 0. The van der Waals surface area contributed by atoms with Crippen LogP contribution in [0.5, 0.6) is 0 Å². The van der Waals surface area contributed by atoms with Gasteiger partial charge in [-0.3, -0.25) is 4.79 Å². The molecule has 0 amide bonds. The molecule has 0 unspecified atom stereocenters. The fourth-order valence-electron chi connectivity index (χ4n) is 4.27. The van der Waals surface area contributed by atoms with Crippen LogP contribution in [0.4, 0.5) is 0 Å². The van der Waals surface area contributed by atoms with Gasteiger partial charge >= 0.3 is 0 Å². The molecule has 2 aliphatic rings. The minimum Gasteiger partial charge on any atom is -0.299 e. The first-order valence-electron chi connectivity index (χ1n) is 8.35. The molecule has 0 spiro atoms. The van der Waals surface area contributed by atoms with Crippen LogP contribution in [-0.2, 0) is 14.8 Å². The van der Waals surface area contributed by atoms with Crippen LogP contribution >= 0.6 is 0 Å². The van der Waals surface area contributed by atoms with Crippen LogP contribution < -0.4 is 0 Å². The summed E-state index contributed by atoms with van der Waals surface area (Å²) in [4.78, 5) is 12.9. The fraction of sp³-hybridized carbons (Fsp3) is 0.526. The van der Waals surface area contributed by atoms with Gasteiger partial charge in [-0.1, -0.05) is 36.8 Å². The quantitative estimate of drug-likeness (QED) is 0.788. The summed E-state index contributed by atoms with van der Waals surface area (Å²) in [5.74, 6) is 0.227. The summed E-state index contributed by atoms with van der Waals surface area (Å²) in [7, 11) is -3.54. The zero-order valence-electron chi connectivity index (χ0n) is 14.6. The van der Waals surface area contributed by atoms with Gasteiger partial charge in [-0.15, -0.1) is 0 Å². The summed E-state index contributed by atoms with van der Waals surface area (Å²) in [6, 6.07) is 6.96. The van der Waals surface area contributed by atoms with Crippen LogP contribution in [0.3, 0.4) is 0 Å². The Morgan fingerprint density at radius 3 is 2.46 bits per heavy atom. The number of fused-ring (bicyclic) bond motifs is 2. The second kappa shape index (κ2) is 5.53. The van der Waals surface area contributed by atoms with Gasteiger partial charge in [-0.05, 0) is 44.2 Å². The molecule has 1 saturated heterocycles. The number of allylic oxidation sites excluding steroid dienone is 1. The van der Waals surface area contributed by atoms with Gasteiger partial charge in [0.1, 0.15) is 5.78 Å². The molecule has 1 heterocycles. The number of sulfonamides is 1. The molecule has 4 nitrogen and oxygen atoms in total. The summed E-state index contributed by atoms with van der Waals surface area (Å²) in [6.45, 7) is 10.7. The van der Waals surface area contributed by atoms with Crippen molar-refractivity contribution in [3.8, 4) is 0 Å². The first-order valence-corrected chi connectivity index (χ1v) is 9.79. The van der Waals surface area contributed by atoms with E-state index in [9.17, 15) is 13.2 Å². The maximum atomic E-state index is 13.0. The highest BCUT2D eigenvalue weighted by Crippen LogP contribution is 2.54. The molecular weight excluding hydrogens is 322 g/mol. The largest absolute Gasteiger partial charge is 0.299 e. The number of aryl methyl sites for hydroxylation is 1. The van der Waals surface area contributed by atoms with Crippen molar-refractivity contribution < 1.29 is 13.2 Å². The second-order valence-electron chi connectivity index (χ2n) is 7.85. The summed E-state index contributed by atoms with van der Waals surface area (Å²) in [5.41, 5.74) is 1.03. The molecular formula is C19H25NO3S. The van der Waals surface area contributed by atoms with Crippen molar-refractivity contribution in [3.05, 3.63) is 42.0 Å². The van der Waals surface area contributed by atoms with Crippen LogP contribution in [0.1, 0.15) is 38.7 Å². The van der Waals surface area contributed by atoms with E-state index < -0.39 is 15.4 Å². The fourth-order valence-corrected chi connectivity index (χ4v) is 5.86. The zero-order chi connectivity index (χ0) is 17.8. The smallest absolute Gasteiger partial charge is 0.243 e. The van der Waals surface area contributed by atoms with Crippen molar-refractivity contribution in [2.45, 2.75) is 44.9 Å². The molecule has 1 aromatic carbocycles. The second-order valence-corrected chi connectivity index (χ2v) is 9.79. The molecule has 1 aliphatic heterocycles. The molecule has 0 N–H and O–H groups in total. The topological polar surface area (TPSA) is 54.5 Å². The van der Waals surface area contributed by atoms with Crippen LogP contribution in [-0.4, -0.2) is 31.6 Å². The Balaban J connectivity index is 1.96. The molecule has 1 aromatic rings. The minimum absolute atomic E-state index is 0.227. The number of hydrogen-bond acceptors (Lipinski definition) is 3. The highest BCUT2D eigenvalue weighted by molar-refractivity contribution is 7.89. The summed E-state index contributed by atoms with van der Waals surface area (Å²) >= 11 is 0. The van der Waals surface area contributed by atoms with Crippen molar-refractivity contribution in [3.63, 3.8) is 0 Å². The average molecular weight is 347 g/mol. The number of carbonyl (C=O) groups excluding carboxylic acids is 1. The molecule has 0 radical (unpaired) electrons. The van der Waals surface area contributed by atoms with E-state index in [4.69, 9.17) is 0 Å². The number of nitrogens with zero attached hydrogens (tertiary/aromatic N) is 1. The number of benzene rings is 1. The van der Waals surface area contributed by atoms with E-state index in [-0.39, 0.29) is 11.2 Å². The first-order chi connectivity index (χ1) is 11.1. The van der Waals surface area contributed by atoms with Crippen molar-refractivity contribution >= 4 is 15.8 Å². The van der Waals surface area contributed by atoms with E-state index >= 15 is 0 Å². The molecule has 2 atom stereocenters. The van der Waals surface area contributed by atoms with Gasteiger partial charge < -0.3 is 0 Å². The Bertz CT molecular complexity index is 796. The first kappa shape index (κ1) is 17.4. The van der Waals surface area contributed by atoms with Gasteiger partial charge in [0, 0.05) is 19.5 Å². The molecule has 3 rings (SSSR count). The Kier molecular flexibility index (Phi) is 4.00. The average Bonchev–Trinajstić information content (AvgIpc) is 2.64. The molecule has 1 saturated carbocycles. The van der Waals surface area contributed by atoms with Gasteiger partial charge in [-0.2, -0.15) is 4.31 Å². The highest BCUT2D eigenvalue weighted by atomic mass is 32.2. The summed E-state index contributed by atoms with van der Waals surface area (Å²) in [5, 5.41) is 0. The molecule has 130 valence electrons. The number of carbonyl (C=O) groups is 1. The Morgan fingerprint density at radius 2 is 1.88 bits per heavy atom. The predicted octanol–water partition coefficient (Wildman–Crippen LogP) is 3.32. The Morgan fingerprint density at radius 1 is 1.25 bits per heavy atom. The third-order valence-electron chi connectivity index (χ3n) is 5.67. The normalized spacial score (nSPS) is 31.0. The van der Waals surface area contributed by atoms with Crippen molar-refractivity contribution in [1.82, 2.24) is 4.31 Å². The molecule has 0 aromatic heterocycles. The third kappa shape index (κ3) is 2.64. The van der Waals surface area contributed by atoms with Crippen molar-refractivity contribution in [2.75, 3.05) is 13.1 Å². The van der Waals surface area contributed by atoms with Crippen LogP contribution in [0, 0.1) is 17.8 Å². The lowest BCUT2D eigenvalue weighted by molar-refractivity contribution is -0.124. The SMILES string of the molecule is C=C(C)[C@@]12CCN(S(=O)(=O)c3ccc(C)cc3)C[C@@](C)(CC1=O)C2. The van der Waals surface area contributed by atoms with Gasteiger partial charge in [0.15, 0.2) is 0 Å². The number of rotatable bonds is 3. The zero-order valence-corrected chi connectivity index (χ0v) is 15.4. The van der Waals surface area contributed by atoms with Gasteiger partial charge in [0.25, 0.3) is 0 Å². The lowest BCUT2D eigenvalue weighted by Gasteiger charge is -2.30. The molecule has 5 heteroatoms. The maximum absolute atomic E-state index is 13.0. The number of Topliss-reactive ketones (excluding diaryl/α,β-unsaturated/α-hetero) is 1. The van der Waals surface area contributed by atoms with Gasteiger partial charge in [0.05, 0.1) is 10.3 Å². The van der Waals surface area contributed by atoms with E-state index in [2.05, 4.69) is 6.58 Å². The summed E-state index contributed by atoms with van der Waals surface area (Å²) < 4.78 is 27.7. The predicted molar refractivity (Wildman–Crippen MR) is 94.1 cm³/mol. The van der Waals surface area contributed by atoms with Crippen molar-refractivity contribution in [2.24, 2.45) is 10.8 Å². The van der Waals surface area contributed by atoms with E-state index in [1.807, 2.05) is 32.9 Å². The molecule has 24 heavy (non-hydrogen) atoms. The number of ketones is 1. The maximum Gasteiger partial charge on any atom is 0.243 e. The summed E-state index contributed by atoms with van der Waals surface area (Å²) in [6.07, 6.45) is 1.66. The Hall–Kier alpha value is -1.46. The van der Waals surface area contributed by atoms with E-state index in [0.29, 0.717) is 37.2 Å². The van der Waals surface area contributed by atoms with Crippen molar-refractivity contribution in [1.29, 1.82) is 0 Å². The lowest BCUT2D eigenvalue weighted by atomic mass is 9.74. The van der Waals surface area contributed by atoms with Gasteiger partial charge in [0.2, 0.25) is 10.0 Å². The molecule has 2 fully saturated rings. The van der Waals surface area contributed by atoms with E-state index in [1.54, 1.807) is 16.4 Å². The lowest BCUT2D eigenvalue weighted by Crippen LogP contribution is -2.40. The Labute approximate surface area is 144 Å². The van der Waals surface area contributed by atoms with Crippen LogP contribution in [0.15, 0.2) is 41.3 Å². The van der Waals surface area contributed by atoms with Crippen LogP contribution in [0.25, 0.3) is 0 Å². The highest BCUT2D eigenvalue weighted by Gasteiger charge is 2.55. The van der Waals surface area contributed by atoms with E-state index in [1.165, 1.54) is 0 Å². The van der Waals surface area contributed by atoms with E-state index in [0.717, 1.165) is 11.1 Å². The molecule has 1 aliphatic carbocycles. The van der Waals surface area contributed by atoms with Crippen LogP contribution in [0.2, 0.25) is 0 Å². The van der Waals surface area contributed by atoms with Gasteiger partial charge in [-0.25, -0.2) is 8.42 Å². The molecule has 2 bridgehead atoms. The third-order valence-corrected chi connectivity index (χ3v) is 7.53. The standard InChI is InChI=1S/C19H25NO3S/c1-14(2)19-9-10-20(13-18(4,12-19)11-17(19)21)24(22,23)16-7-5-15(3)6-8-16/h5-8H,1,9-13H2,2-4H3/t18-,19-/m0/s1.